The van der Waals surface area contributed by atoms with Crippen molar-refractivity contribution in [2.24, 2.45) is 5.92 Å². The van der Waals surface area contributed by atoms with Crippen molar-refractivity contribution in [1.82, 2.24) is 20.3 Å². The molecule has 3 aromatic rings. The largest absolute Gasteiger partial charge is 0.361 e. The van der Waals surface area contributed by atoms with Gasteiger partial charge in [-0.05, 0) is 49.1 Å². The van der Waals surface area contributed by atoms with Crippen LogP contribution < -0.4 is 10.2 Å². The van der Waals surface area contributed by atoms with Crippen LogP contribution in [0.4, 0.5) is 5.95 Å². The van der Waals surface area contributed by atoms with Gasteiger partial charge in [-0.25, -0.2) is 9.97 Å². The number of H-pyrrole nitrogens is 1. The van der Waals surface area contributed by atoms with Gasteiger partial charge in [-0.2, -0.15) is 0 Å². The minimum atomic E-state index is -0.0278. The Kier molecular flexibility index (Phi) is 5.25. The first kappa shape index (κ1) is 17.8. The van der Waals surface area contributed by atoms with Crippen molar-refractivity contribution in [3.63, 3.8) is 0 Å². The van der Waals surface area contributed by atoms with Crippen LogP contribution in [0.3, 0.4) is 0 Å². The molecule has 6 nitrogen and oxygen atoms in total. The molecule has 1 aliphatic heterocycles. The quantitative estimate of drug-likeness (QED) is 0.709. The van der Waals surface area contributed by atoms with Crippen molar-refractivity contribution in [3.05, 3.63) is 53.4 Å². The molecule has 3 heterocycles. The second-order valence-corrected chi connectivity index (χ2v) is 7.32. The number of hydrogen-bond donors (Lipinski definition) is 2. The van der Waals surface area contributed by atoms with Crippen LogP contribution in [0, 0.1) is 5.92 Å². The summed E-state index contributed by atoms with van der Waals surface area (Å²) in [4.78, 5) is 26.5. The number of amides is 1. The number of carbonyl (C=O) groups is 1. The molecule has 0 spiro atoms. The second kappa shape index (κ2) is 7.96. The summed E-state index contributed by atoms with van der Waals surface area (Å²) >= 11 is 6.10. The monoisotopic (exact) mass is 383 g/mol. The van der Waals surface area contributed by atoms with E-state index in [0.717, 1.165) is 47.3 Å². The minimum absolute atomic E-state index is 0.0278. The molecule has 0 unspecified atom stereocenters. The van der Waals surface area contributed by atoms with E-state index in [1.165, 1.54) is 0 Å². The number of anilines is 1. The predicted octanol–water partition coefficient (Wildman–Crippen LogP) is 3.19. The zero-order valence-electron chi connectivity index (χ0n) is 15.0. The van der Waals surface area contributed by atoms with E-state index in [-0.39, 0.29) is 11.8 Å². The lowest BCUT2D eigenvalue weighted by atomic mass is 9.97. The summed E-state index contributed by atoms with van der Waals surface area (Å²) in [7, 11) is 0. The first-order valence-electron chi connectivity index (χ1n) is 9.26. The van der Waals surface area contributed by atoms with Gasteiger partial charge in [0, 0.05) is 54.2 Å². The van der Waals surface area contributed by atoms with E-state index in [0.29, 0.717) is 19.0 Å². The molecule has 0 radical (unpaired) electrons. The van der Waals surface area contributed by atoms with Crippen molar-refractivity contribution in [2.45, 2.75) is 19.3 Å². The Morgan fingerprint density at radius 3 is 3.04 bits per heavy atom. The number of halogens is 1. The van der Waals surface area contributed by atoms with Crippen LogP contribution in [0.1, 0.15) is 18.4 Å². The molecule has 4 rings (SSSR count). The van der Waals surface area contributed by atoms with Gasteiger partial charge in [-0.3, -0.25) is 4.79 Å². The molecule has 1 amide bonds. The Balaban J connectivity index is 1.33. The number of fused-ring (bicyclic) bond motifs is 1. The van der Waals surface area contributed by atoms with Gasteiger partial charge in [0.15, 0.2) is 0 Å². The first-order valence-corrected chi connectivity index (χ1v) is 9.64. The highest BCUT2D eigenvalue weighted by atomic mass is 35.5. The SMILES string of the molecule is O=C(NCCc1c[nH]c2ccc(Cl)cc12)[C@@H]1CCCN(c2ncccn2)C1. The Labute approximate surface area is 163 Å². The molecule has 1 saturated heterocycles. The maximum absolute atomic E-state index is 12.6. The number of carbonyl (C=O) groups excluding carboxylic acids is 1. The van der Waals surface area contributed by atoms with Crippen LogP contribution >= 0.6 is 11.6 Å². The topological polar surface area (TPSA) is 73.9 Å². The fourth-order valence-electron chi connectivity index (χ4n) is 3.65. The molecule has 1 fully saturated rings. The van der Waals surface area contributed by atoms with Crippen molar-refractivity contribution < 1.29 is 4.79 Å². The minimum Gasteiger partial charge on any atom is -0.361 e. The van der Waals surface area contributed by atoms with Gasteiger partial charge in [0.05, 0.1) is 5.92 Å². The number of aromatic nitrogens is 3. The zero-order valence-corrected chi connectivity index (χ0v) is 15.7. The van der Waals surface area contributed by atoms with E-state index in [4.69, 9.17) is 11.6 Å². The number of rotatable bonds is 5. The van der Waals surface area contributed by atoms with Crippen molar-refractivity contribution in [3.8, 4) is 0 Å². The number of nitrogens with one attached hydrogen (secondary N) is 2. The number of aromatic amines is 1. The summed E-state index contributed by atoms with van der Waals surface area (Å²) in [5.41, 5.74) is 2.22. The lowest BCUT2D eigenvalue weighted by Gasteiger charge is -2.31. The Bertz CT molecular complexity index is 927. The van der Waals surface area contributed by atoms with Gasteiger partial charge in [0.1, 0.15) is 0 Å². The van der Waals surface area contributed by atoms with Crippen molar-refractivity contribution in [2.75, 3.05) is 24.5 Å². The van der Waals surface area contributed by atoms with Crippen LogP contribution in [0.5, 0.6) is 0 Å². The third-order valence-electron chi connectivity index (χ3n) is 5.05. The van der Waals surface area contributed by atoms with E-state index in [1.54, 1.807) is 18.5 Å². The maximum Gasteiger partial charge on any atom is 0.225 e. The number of hydrogen-bond acceptors (Lipinski definition) is 4. The van der Waals surface area contributed by atoms with Gasteiger partial charge in [0.2, 0.25) is 11.9 Å². The van der Waals surface area contributed by atoms with E-state index in [2.05, 4.69) is 25.2 Å². The highest BCUT2D eigenvalue weighted by molar-refractivity contribution is 6.31. The molecule has 0 aliphatic carbocycles. The summed E-state index contributed by atoms with van der Waals surface area (Å²) < 4.78 is 0. The van der Waals surface area contributed by atoms with Gasteiger partial charge in [-0.1, -0.05) is 11.6 Å². The molecular formula is C20H22ClN5O. The third kappa shape index (κ3) is 4.06. The Morgan fingerprint density at radius 1 is 1.33 bits per heavy atom. The summed E-state index contributed by atoms with van der Waals surface area (Å²) in [6.45, 7) is 2.17. The lowest BCUT2D eigenvalue weighted by Crippen LogP contribution is -2.44. The van der Waals surface area contributed by atoms with Crippen LogP contribution in [0.25, 0.3) is 10.9 Å². The highest BCUT2D eigenvalue weighted by Gasteiger charge is 2.26. The normalized spacial score (nSPS) is 17.2. The van der Waals surface area contributed by atoms with Crippen LogP contribution in [-0.4, -0.2) is 40.5 Å². The van der Waals surface area contributed by atoms with Crippen LogP contribution in [0.2, 0.25) is 5.02 Å². The van der Waals surface area contributed by atoms with E-state index < -0.39 is 0 Å². The van der Waals surface area contributed by atoms with Gasteiger partial charge < -0.3 is 15.2 Å². The Morgan fingerprint density at radius 2 is 2.19 bits per heavy atom. The van der Waals surface area contributed by atoms with Gasteiger partial charge in [0.25, 0.3) is 0 Å². The van der Waals surface area contributed by atoms with Crippen molar-refractivity contribution in [1.29, 1.82) is 0 Å². The molecule has 2 N–H and O–H groups in total. The third-order valence-corrected chi connectivity index (χ3v) is 5.29. The summed E-state index contributed by atoms with van der Waals surface area (Å²) in [5.74, 6) is 0.777. The van der Waals surface area contributed by atoms with Crippen molar-refractivity contribution >= 4 is 34.4 Å². The summed E-state index contributed by atoms with van der Waals surface area (Å²) in [5, 5.41) is 4.92. The van der Waals surface area contributed by atoms with Crippen LogP contribution in [0.15, 0.2) is 42.9 Å². The maximum atomic E-state index is 12.6. The zero-order chi connectivity index (χ0) is 18.6. The fourth-order valence-corrected chi connectivity index (χ4v) is 3.82. The molecule has 1 atom stereocenters. The molecule has 2 aromatic heterocycles. The molecule has 0 bridgehead atoms. The highest BCUT2D eigenvalue weighted by Crippen LogP contribution is 2.23. The molecular weight excluding hydrogens is 362 g/mol. The molecule has 0 saturated carbocycles. The van der Waals surface area contributed by atoms with Gasteiger partial charge >= 0.3 is 0 Å². The van der Waals surface area contributed by atoms with E-state index >= 15 is 0 Å². The molecule has 27 heavy (non-hydrogen) atoms. The standard InChI is InChI=1S/C20H22ClN5O/c21-16-4-5-18-17(11-16)14(12-25-18)6-9-22-19(27)15-3-1-10-26(13-15)20-23-7-2-8-24-20/h2,4-5,7-8,11-12,15,25H,1,3,6,9-10,13H2,(H,22,27)/t15-/m1/s1. The smallest absolute Gasteiger partial charge is 0.225 e. The molecule has 1 aliphatic rings. The molecule has 7 heteroatoms. The number of benzene rings is 1. The van der Waals surface area contributed by atoms with Gasteiger partial charge in [-0.15, -0.1) is 0 Å². The van der Waals surface area contributed by atoms with E-state index in [9.17, 15) is 4.79 Å². The molecule has 140 valence electrons. The summed E-state index contributed by atoms with van der Waals surface area (Å²) in [6.07, 6.45) is 8.10. The molecule has 1 aromatic carbocycles. The average molecular weight is 384 g/mol. The second-order valence-electron chi connectivity index (χ2n) is 6.88. The summed E-state index contributed by atoms with van der Waals surface area (Å²) in [6, 6.07) is 7.61. The average Bonchev–Trinajstić information content (AvgIpc) is 3.11. The Hall–Kier alpha value is -2.60. The number of nitrogens with zero attached hydrogens (tertiary/aromatic N) is 3. The fraction of sp³-hybridized carbons (Fsp3) is 0.350. The predicted molar refractivity (Wildman–Crippen MR) is 107 cm³/mol. The van der Waals surface area contributed by atoms with Crippen LogP contribution in [-0.2, 0) is 11.2 Å². The number of piperidine rings is 1. The van der Waals surface area contributed by atoms with E-state index in [1.807, 2.05) is 24.4 Å². The first-order chi connectivity index (χ1) is 13.2. The lowest BCUT2D eigenvalue weighted by molar-refractivity contribution is -0.125.